The number of nitrogens with one attached hydrogen (secondary N) is 2. The van der Waals surface area contributed by atoms with Crippen LogP contribution in [0.2, 0.25) is 0 Å². The van der Waals surface area contributed by atoms with Crippen molar-refractivity contribution in [2.75, 3.05) is 16.8 Å². The van der Waals surface area contributed by atoms with E-state index < -0.39 is 5.82 Å². The summed E-state index contributed by atoms with van der Waals surface area (Å²) in [6, 6.07) is 12.2. The van der Waals surface area contributed by atoms with Gasteiger partial charge in [-0.2, -0.15) is 10.1 Å². The number of aromatic amines is 1. The molecule has 0 saturated heterocycles. The van der Waals surface area contributed by atoms with Gasteiger partial charge in [-0.05, 0) is 31.2 Å². The molecule has 0 saturated carbocycles. The Morgan fingerprint density at radius 2 is 2.04 bits per heavy atom. The second-order valence-corrected chi connectivity index (χ2v) is 5.89. The Balaban J connectivity index is 1.74. The molecular formula is C19H17FN6O. The van der Waals surface area contributed by atoms with Gasteiger partial charge in [-0.3, -0.25) is 5.10 Å². The number of rotatable bonds is 5. The number of hydrogen-bond acceptors (Lipinski definition) is 6. The zero-order chi connectivity index (χ0) is 18.8. The molecule has 0 bridgehead atoms. The summed E-state index contributed by atoms with van der Waals surface area (Å²) in [6.07, 6.45) is 2.84. The Bertz CT molecular complexity index is 1100. The molecule has 8 heteroatoms. The number of fused-ring (bicyclic) bond motifs is 1. The van der Waals surface area contributed by atoms with E-state index in [2.05, 4.69) is 25.5 Å². The Hall–Kier alpha value is -3.68. The molecule has 27 heavy (non-hydrogen) atoms. The van der Waals surface area contributed by atoms with E-state index in [0.29, 0.717) is 12.2 Å². The van der Waals surface area contributed by atoms with Crippen molar-refractivity contribution in [3.05, 3.63) is 60.7 Å². The largest absolute Gasteiger partial charge is 0.508 e. The van der Waals surface area contributed by atoms with Gasteiger partial charge >= 0.3 is 0 Å². The van der Waals surface area contributed by atoms with Crippen molar-refractivity contribution < 1.29 is 9.50 Å². The summed E-state index contributed by atoms with van der Waals surface area (Å²) in [4.78, 5) is 10.1. The Kier molecular flexibility index (Phi) is 4.29. The molecule has 3 N–H and O–H groups in total. The number of aromatic hydroxyl groups is 1. The molecule has 2 heterocycles. The first-order chi connectivity index (χ1) is 13.2. The molecule has 136 valence electrons. The molecule has 4 aromatic rings. The summed E-state index contributed by atoms with van der Waals surface area (Å²) in [6.45, 7) is 2.42. The maximum atomic E-state index is 14.6. The minimum Gasteiger partial charge on any atom is -0.508 e. The minimum absolute atomic E-state index is 0.115. The molecule has 0 radical (unpaired) electrons. The lowest BCUT2D eigenvalue weighted by Crippen LogP contribution is -2.20. The fourth-order valence-electron chi connectivity index (χ4n) is 2.94. The van der Waals surface area contributed by atoms with E-state index in [4.69, 9.17) is 0 Å². The number of H-pyrrole nitrogens is 1. The van der Waals surface area contributed by atoms with Crippen molar-refractivity contribution in [1.82, 2.24) is 20.2 Å². The summed E-state index contributed by atoms with van der Waals surface area (Å²) in [5.41, 5.74) is 2.26. The fraction of sp³-hybridized carbons (Fsp3) is 0.105. The van der Waals surface area contributed by atoms with Crippen LogP contribution < -0.4 is 10.2 Å². The zero-order valence-corrected chi connectivity index (χ0v) is 14.5. The topological polar surface area (TPSA) is 90.0 Å². The third kappa shape index (κ3) is 3.24. The van der Waals surface area contributed by atoms with Crippen LogP contribution in [0.3, 0.4) is 0 Å². The molecule has 0 aliphatic rings. The van der Waals surface area contributed by atoms with Gasteiger partial charge in [0, 0.05) is 23.7 Å². The molecule has 0 unspecified atom stereocenters. The highest BCUT2D eigenvalue weighted by Gasteiger charge is 2.18. The SMILES string of the molecule is CCN(c1nc(Nc2cccc(O)c2)ncc1F)c1cccc2[nH]ncc12. The van der Waals surface area contributed by atoms with E-state index in [0.717, 1.165) is 22.8 Å². The van der Waals surface area contributed by atoms with Crippen LogP contribution in [0.25, 0.3) is 10.9 Å². The fourth-order valence-corrected chi connectivity index (χ4v) is 2.94. The first-order valence-electron chi connectivity index (χ1n) is 8.44. The van der Waals surface area contributed by atoms with Gasteiger partial charge in [-0.1, -0.05) is 12.1 Å². The maximum absolute atomic E-state index is 14.6. The monoisotopic (exact) mass is 364 g/mol. The number of aromatic nitrogens is 4. The van der Waals surface area contributed by atoms with E-state index in [1.807, 2.05) is 25.1 Å². The van der Waals surface area contributed by atoms with Gasteiger partial charge < -0.3 is 15.3 Å². The van der Waals surface area contributed by atoms with Gasteiger partial charge in [-0.15, -0.1) is 0 Å². The molecule has 0 spiro atoms. The van der Waals surface area contributed by atoms with Crippen molar-refractivity contribution in [2.45, 2.75) is 6.92 Å². The average Bonchev–Trinajstić information content (AvgIpc) is 3.14. The molecule has 2 aromatic heterocycles. The lowest BCUT2D eigenvalue weighted by molar-refractivity contribution is 0.475. The van der Waals surface area contributed by atoms with Crippen molar-refractivity contribution in [2.24, 2.45) is 0 Å². The summed E-state index contributed by atoms with van der Waals surface area (Å²) in [5, 5.41) is 20.4. The van der Waals surface area contributed by atoms with Crippen LogP contribution >= 0.6 is 0 Å². The number of benzene rings is 2. The van der Waals surface area contributed by atoms with Crippen molar-refractivity contribution in [1.29, 1.82) is 0 Å². The number of anilines is 4. The second kappa shape index (κ2) is 6.91. The molecule has 4 rings (SSSR count). The van der Waals surface area contributed by atoms with Gasteiger partial charge in [-0.25, -0.2) is 9.37 Å². The third-order valence-electron chi connectivity index (χ3n) is 4.15. The first-order valence-corrected chi connectivity index (χ1v) is 8.44. The predicted molar refractivity (Wildman–Crippen MR) is 102 cm³/mol. The van der Waals surface area contributed by atoms with E-state index in [9.17, 15) is 9.50 Å². The number of halogens is 1. The highest BCUT2D eigenvalue weighted by atomic mass is 19.1. The molecule has 7 nitrogen and oxygen atoms in total. The van der Waals surface area contributed by atoms with Crippen LogP contribution in [0.1, 0.15) is 6.92 Å². The minimum atomic E-state index is -0.529. The van der Waals surface area contributed by atoms with E-state index in [1.54, 1.807) is 29.3 Å². The van der Waals surface area contributed by atoms with Gasteiger partial charge in [0.1, 0.15) is 5.75 Å². The molecule has 0 fully saturated rings. The predicted octanol–water partition coefficient (Wildman–Crippen LogP) is 4.10. The lowest BCUT2D eigenvalue weighted by atomic mass is 10.2. The highest BCUT2D eigenvalue weighted by molar-refractivity contribution is 5.93. The van der Waals surface area contributed by atoms with Gasteiger partial charge in [0.2, 0.25) is 5.95 Å². The van der Waals surface area contributed by atoms with Crippen LogP contribution in [0.5, 0.6) is 5.75 Å². The second-order valence-electron chi connectivity index (χ2n) is 5.89. The third-order valence-corrected chi connectivity index (χ3v) is 4.15. The lowest BCUT2D eigenvalue weighted by Gasteiger charge is -2.23. The van der Waals surface area contributed by atoms with E-state index in [1.165, 1.54) is 6.07 Å². The van der Waals surface area contributed by atoms with Gasteiger partial charge in [0.25, 0.3) is 0 Å². The number of nitrogens with zero attached hydrogens (tertiary/aromatic N) is 4. The average molecular weight is 364 g/mol. The standard InChI is InChI=1S/C19H17FN6O/c1-2-26(17-8-4-7-16-14(17)10-22-25-16)18-15(20)11-21-19(24-18)23-12-5-3-6-13(27)9-12/h3-11,27H,2H2,1H3,(H,22,25)(H,21,23,24). The van der Waals surface area contributed by atoms with Crippen LogP contribution in [0.15, 0.2) is 54.9 Å². The smallest absolute Gasteiger partial charge is 0.229 e. The number of phenolic OH excluding ortho intramolecular Hbond substituents is 1. The normalized spacial score (nSPS) is 10.9. The van der Waals surface area contributed by atoms with Crippen LogP contribution in [0, 0.1) is 5.82 Å². The molecule has 0 amide bonds. The van der Waals surface area contributed by atoms with Crippen molar-refractivity contribution in [3.8, 4) is 5.75 Å². The van der Waals surface area contributed by atoms with Gasteiger partial charge in [0.05, 0.1) is 23.6 Å². The molecule has 2 aromatic carbocycles. The molecule has 0 aliphatic heterocycles. The molecule has 0 aliphatic carbocycles. The highest BCUT2D eigenvalue weighted by Crippen LogP contribution is 2.32. The zero-order valence-electron chi connectivity index (χ0n) is 14.5. The summed E-state index contributed by atoms with van der Waals surface area (Å²) >= 11 is 0. The summed E-state index contributed by atoms with van der Waals surface area (Å²) in [5.74, 6) is -0.0263. The van der Waals surface area contributed by atoms with E-state index >= 15 is 0 Å². The Labute approximate surface area is 154 Å². The maximum Gasteiger partial charge on any atom is 0.229 e. The molecular weight excluding hydrogens is 347 g/mol. The number of hydrogen-bond donors (Lipinski definition) is 3. The van der Waals surface area contributed by atoms with Crippen molar-refractivity contribution in [3.63, 3.8) is 0 Å². The van der Waals surface area contributed by atoms with Crippen molar-refractivity contribution >= 4 is 34.0 Å². The Morgan fingerprint density at radius 1 is 1.19 bits per heavy atom. The van der Waals surface area contributed by atoms with Crippen LogP contribution in [0.4, 0.5) is 27.5 Å². The summed E-state index contributed by atoms with van der Waals surface area (Å²) < 4.78 is 14.6. The van der Waals surface area contributed by atoms with Gasteiger partial charge in [0.15, 0.2) is 11.6 Å². The quantitative estimate of drug-likeness (QED) is 0.494. The van der Waals surface area contributed by atoms with Crippen LogP contribution in [-0.2, 0) is 0 Å². The van der Waals surface area contributed by atoms with Crippen LogP contribution in [-0.4, -0.2) is 31.8 Å². The van der Waals surface area contributed by atoms with E-state index in [-0.39, 0.29) is 17.5 Å². The summed E-state index contributed by atoms with van der Waals surface area (Å²) in [7, 11) is 0. The first kappa shape index (κ1) is 16.8. The Morgan fingerprint density at radius 3 is 2.85 bits per heavy atom. The molecule has 0 atom stereocenters. The number of phenols is 1.